The van der Waals surface area contributed by atoms with Gasteiger partial charge in [-0.1, -0.05) is 44.2 Å². The fourth-order valence-corrected chi connectivity index (χ4v) is 2.19. The van der Waals surface area contributed by atoms with Crippen molar-refractivity contribution in [3.8, 4) is 0 Å². The lowest BCUT2D eigenvalue weighted by Gasteiger charge is -2.16. The molecular formula is C16H17F2N. The zero-order chi connectivity index (χ0) is 14.0. The third-order valence-electron chi connectivity index (χ3n) is 3.20. The van der Waals surface area contributed by atoms with Crippen LogP contribution < -0.4 is 5.73 Å². The monoisotopic (exact) mass is 261 g/mol. The van der Waals surface area contributed by atoms with Crippen LogP contribution in [-0.2, 0) is 0 Å². The van der Waals surface area contributed by atoms with Gasteiger partial charge in [-0.05, 0) is 29.2 Å². The van der Waals surface area contributed by atoms with Gasteiger partial charge >= 0.3 is 0 Å². The van der Waals surface area contributed by atoms with Crippen molar-refractivity contribution in [2.45, 2.75) is 25.8 Å². The van der Waals surface area contributed by atoms with Gasteiger partial charge in [0.2, 0.25) is 0 Å². The maximum Gasteiger partial charge on any atom is 0.129 e. The van der Waals surface area contributed by atoms with Crippen molar-refractivity contribution in [2.75, 3.05) is 0 Å². The summed E-state index contributed by atoms with van der Waals surface area (Å²) in [7, 11) is 0. The van der Waals surface area contributed by atoms with Crippen molar-refractivity contribution >= 4 is 0 Å². The van der Waals surface area contributed by atoms with Crippen molar-refractivity contribution in [2.24, 2.45) is 5.73 Å². The van der Waals surface area contributed by atoms with E-state index in [2.05, 4.69) is 0 Å². The van der Waals surface area contributed by atoms with Gasteiger partial charge in [0.15, 0.2) is 0 Å². The molecule has 0 spiro atoms. The highest BCUT2D eigenvalue weighted by molar-refractivity contribution is 5.35. The van der Waals surface area contributed by atoms with Gasteiger partial charge in [-0.25, -0.2) is 8.78 Å². The molecule has 3 heteroatoms. The molecule has 2 aromatic carbocycles. The Balaban J connectivity index is 2.42. The standard InChI is InChI=1S/C16H17F2N/c1-10(2)15-13(17)8-12(9-14(15)18)16(19)11-6-4-3-5-7-11/h3-10,16H,19H2,1-2H3/t16-/m0/s1. The molecule has 0 aliphatic carbocycles. The molecule has 0 fully saturated rings. The van der Waals surface area contributed by atoms with Crippen LogP contribution in [0.1, 0.15) is 42.5 Å². The second-order valence-corrected chi connectivity index (χ2v) is 4.94. The lowest BCUT2D eigenvalue weighted by molar-refractivity contribution is 0.537. The van der Waals surface area contributed by atoms with Gasteiger partial charge in [-0.15, -0.1) is 0 Å². The molecule has 0 saturated heterocycles. The van der Waals surface area contributed by atoms with E-state index in [9.17, 15) is 8.78 Å². The van der Waals surface area contributed by atoms with Crippen molar-refractivity contribution in [3.05, 3.63) is 70.8 Å². The molecule has 2 aromatic rings. The molecule has 2 rings (SSSR count). The Morgan fingerprint density at radius 1 is 0.895 bits per heavy atom. The van der Waals surface area contributed by atoms with E-state index in [1.54, 1.807) is 13.8 Å². The zero-order valence-electron chi connectivity index (χ0n) is 11.0. The van der Waals surface area contributed by atoms with Gasteiger partial charge in [-0.3, -0.25) is 0 Å². The summed E-state index contributed by atoms with van der Waals surface area (Å²) in [4.78, 5) is 0. The fourth-order valence-electron chi connectivity index (χ4n) is 2.19. The maximum absolute atomic E-state index is 13.9. The Bertz CT molecular complexity index is 541. The van der Waals surface area contributed by atoms with E-state index >= 15 is 0 Å². The van der Waals surface area contributed by atoms with Crippen LogP contribution in [-0.4, -0.2) is 0 Å². The fraction of sp³-hybridized carbons (Fsp3) is 0.250. The first-order chi connectivity index (χ1) is 9.00. The molecule has 0 bridgehead atoms. The Hall–Kier alpha value is -1.74. The number of benzene rings is 2. The van der Waals surface area contributed by atoms with Gasteiger partial charge in [0.05, 0.1) is 6.04 Å². The predicted molar refractivity (Wildman–Crippen MR) is 72.9 cm³/mol. The van der Waals surface area contributed by atoms with E-state index in [0.717, 1.165) is 5.56 Å². The SMILES string of the molecule is CC(C)c1c(F)cc([C@@H](N)c2ccccc2)cc1F. The Morgan fingerprint density at radius 3 is 1.89 bits per heavy atom. The van der Waals surface area contributed by atoms with Gasteiger partial charge in [-0.2, -0.15) is 0 Å². The van der Waals surface area contributed by atoms with Gasteiger partial charge in [0, 0.05) is 5.56 Å². The van der Waals surface area contributed by atoms with Crippen molar-refractivity contribution < 1.29 is 8.78 Å². The quantitative estimate of drug-likeness (QED) is 0.883. The molecule has 0 heterocycles. The molecular weight excluding hydrogens is 244 g/mol. The first-order valence-corrected chi connectivity index (χ1v) is 6.30. The molecule has 0 aliphatic heterocycles. The molecule has 0 aliphatic rings. The highest BCUT2D eigenvalue weighted by Crippen LogP contribution is 2.27. The number of halogens is 2. The van der Waals surface area contributed by atoms with E-state index in [0.29, 0.717) is 5.56 Å². The van der Waals surface area contributed by atoms with Crippen LogP contribution in [0.3, 0.4) is 0 Å². The summed E-state index contributed by atoms with van der Waals surface area (Å²) in [5.74, 6) is -1.25. The predicted octanol–water partition coefficient (Wildman–Crippen LogP) is 4.14. The minimum Gasteiger partial charge on any atom is -0.320 e. The van der Waals surface area contributed by atoms with E-state index < -0.39 is 17.7 Å². The molecule has 2 N–H and O–H groups in total. The van der Waals surface area contributed by atoms with Crippen LogP contribution in [0.25, 0.3) is 0 Å². The Labute approximate surface area is 112 Å². The van der Waals surface area contributed by atoms with Crippen LogP contribution in [0.2, 0.25) is 0 Å². The number of hydrogen-bond acceptors (Lipinski definition) is 1. The van der Waals surface area contributed by atoms with Gasteiger partial charge in [0.1, 0.15) is 11.6 Å². The lowest BCUT2D eigenvalue weighted by atomic mass is 9.95. The smallest absolute Gasteiger partial charge is 0.129 e. The van der Waals surface area contributed by atoms with E-state index in [1.165, 1.54) is 12.1 Å². The number of rotatable bonds is 3. The molecule has 19 heavy (non-hydrogen) atoms. The highest BCUT2D eigenvalue weighted by Gasteiger charge is 2.17. The second-order valence-electron chi connectivity index (χ2n) is 4.94. The van der Waals surface area contributed by atoms with Crippen LogP contribution in [0.15, 0.2) is 42.5 Å². The molecule has 1 atom stereocenters. The summed E-state index contributed by atoms with van der Waals surface area (Å²) in [6.45, 7) is 3.52. The normalized spacial score (nSPS) is 12.7. The van der Waals surface area contributed by atoms with Crippen molar-refractivity contribution in [1.29, 1.82) is 0 Å². The van der Waals surface area contributed by atoms with Crippen LogP contribution in [0.4, 0.5) is 8.78 Å². The van der Waals surface area contributed by atoms with E-state index in [1.807, 2.05) is 30.3 Å². The first kappa shape index (κ1) is 13.7. The largest absolute Gasteiger partial charge is 0.320 e. The second kappa shape index (κ2) is 5.49. The summed E-state index contributed by atoms with van der Waals surface area (Å²) >= 11 is 0. The molecule has 100 valence electrons. The molecule has 0 saturated carbocycles. The summed E-state index contributed by atoms with van der Waals surface area (Å²) in [5.41, 5.74) is 7.44. The zero-order valence-corrected chi connectivity index (χ0v) is 11.0. The maximum atomic E-state index is 13.9. The Morgan fingerprint density at radius 2 is 1.42 bits per heavy atom. The highest BCUT2D eigenvalue weighted by atomic mass is 19.1. The average Bonchev–Trinajstić information content (AvgIpc) is 2.37. The molecule has 0 radical (unpaired) electrons. The van der Waals surface area contributed by atoms with Crippen LogP contribution in [0.5, 0.6) is 0 Å². The number of hydrogen-bond donors (Lipinski definition) is 1. The molecule has 0 aromatic heterocycles. The molecule has 0 amide bonds. The van der Waals surface area contributed by atoms with Crippen LogP contribution >= 0.6 is 0 Å². The summed E-state index contributed by atoms with van der Waals surface area (Å²) in [5, 5.41) is 0. The molecule has 0 unspecified atom stereocenters. The summed E-state index contributed by atoms with van der Waals surface area (Å²) in [6, 6.07) is 11.4. The Kier molecular flexibility index (Phi) is 3.96. The van der Waals surface area contributed by atoms with Crippen LogP contribution in [0, 0.1) is 11.6 Å². The summed E-state index contributed by atoms with van der Waals surface area (Å²) in [6.07, 6.45) is 0. The van der Waals surface area contributed by atoms with Crippen molar-refractivity contribution in [1.82, 2.24) is 0 Å². The topological polar surface area (TPSA) is 26.0 Å². The third kappa shape index (κ3) is 2.82. The van der Waals surface area contributed by atoms with Gasteiger partial charge in [0.25, 0.3) is 0 Å². The van der Waals surface area contributed by atoms with Gasteiger partial charge < -0.3 is 5.73 Å². The number of nitrogens with two attached hydrogens (primary N) is 1. The minimum absolute atomic E-state index is 0.115. The molecule has 1 nitrogen and oxygen atoms in total. The third-order valence-corrected chi connectivity index (χ3v) is 3.20. The van der Waals surface area contributed by atoms with Crippen molar-refractivity contribution in [3.63, 3.8) is 0 Å². The van der Waals surface area contributed by atoms with E-state index in [-0.39, 0.29) is 11.5 Å². The lowest BCUT2D eigenvalue weighted by Crippen LogP contribution is -2.13. The summed E-state index contributed by atoms with van der Waals surface area (Å²) < 4.78 is 27.9. The first-order valence-electron chi connectivity index (χ1n) is 6.30. The minimum atomic E-state index is -0.531. The average molecular weight is 261 g/mol. The van der Waals surface area contributed by atoms with E-state index in [4.69, 9.17) is 5.73 Å².